The molecule has 0 saturated carbocycles. The topological polar surface area (TPSA) is 247 Å². The number of aliphatic hydroxyl groups excluding tert-OH is 1. The standard InChI is InChI=1S/C44H50N8O7S.C2H6.CH3NO.CH4O/c1-44(2)25-32(45-31-8-5-7-30(23-31)39-47-38(42(56)57)41(48-39)59-21-20-53)16-19-51(44)60-26-27-6-4-9-33(22-27)50-17-14-28(15-18-50)29-10-11-34-36(24-29)49(3)43(58)52(34)35-12-13-37(54)46-40(35)55;1-2;2-1-3;1-2/h4-11,20,22-24,28,32,35,45H,12-19,21,25-26H2,1-3H3,(H,47,48)(H,56,57)(H,46,54,55);1-2H3;1H,(H2,2,3);2H,1H3. The molecule has 2 unspecified atom stereocenters. The molecule has 0 radical (unpaired) electrons. The third-order valence-electron chi connectivity index (χ3n) is 12.0. The first-order valence-corrected chi connectivity index (χ1v) is 23.4. The van der Waals surface area contributed by atoms with Crippen molar-refractivity contribution >= 4 is 64.8 Å². The van der Waals surface area contributed by atoms with Crippen LogP contribution < -0.4 is 31.7 Å². The number of carbonyl (C=O) groups excluding carboxylic acids is 4. The summed E-state index contributed by atoms with van der Waals surface area (Å²) in [6.07, 6.45) is 5.19. The number of amides is 3. The van der Waals surface area contributed by atoms with Crippen molar-refractivity contribution in [3.05, 3.63) is 94.0 Å². The summed E-state index contributed by atoms with van der Waals surface area (Å²) in [6, 6.07) is 22.2. The molecule has 2 aromatic heterocycles. The molecule has 3 aromatic carbocycles. The summed E-state index contributed by atoms with van der Waals surface area (Å²) in [6.45, 7) is 11.1. The van der Waals surface area contributed by atoms with E-state index in [0.717, 1.165) is 69.4 Å². The lowest BCUT2D eigenvalue weighted by atomic mass is 9.89. The second kappa shape index (κ2) is 23.8. The number of hydrogen-bond acceptors (Lipinski definition) is 13. The molecule has 3 amide bonds. The van der Waals surface area contributed by atoms with Crippen LogP contribution in [0, 0.1) is 0 Å². The van der Waals surface area contributed by atoms with Crippen molar-refractivity contribution in [2.45, 2.75) is 95.5 Å². The number of aldehydes is 1. The maximum Gasteiger partial charge on any atom is 0.358 e. The molecule has 3 aliphatic rings. The van der Waals surface area contributed by atoms with Crippen molar-refractivity contribution in [3.63, 3.8) is 0 Å². The smallest absolute Gasteiger partial charge is 0.358 e. The molecule has 7 N–H and O–H groups in total. The number of aryl methyl sites for hydroxylation is 1. The number of imide groups is 1. The number of carboxylic acids is 1. The van der Waals surface area contributed by atoms with Crippen molar-refractivity contribution in [1.82, 2.24) is 28.7 Å². The number of aromatic nitrogens is 4. The van der Waals surface area contributed by atoms with E-state index in [1.807, 2.05) is 56.1 Å². The monoisotopic (exact) mass is 941 g/mol. The lowest BCUT2D eigenvalue weighted by Crippen LogP contribution is -2.49. The highest BCUT2D eigenvalue weighted by Crippen LogP contribution is 2.38. The minimum atomic E-state index is -1.22. The highest BCUT2D eigenvalue weighted by Gasteiger charge is 2.36. The molecule has 360 valence electrons. The fourth-order valence-corrected chi connectivity index (χ4v) is 10.1. The number of H-pyrrole nitrogens is 1. The number of imidazole rings is 2. The van der Waals surface area contributed by atoms with Crippen molar-refractivity contribution in [2.24, 2.45) is 12.8 Å². The largest absolute Gasteiger partial charge is 0.476 e. The molecule has 19 heteroatoms. The Bertz CT molecular complexity index is 2560. The average molecular weight is 942 g/mol. The Morgan fingerprint density at radius 3 is 2.36 bits per heavy atom. The van der Waals surface area contributed by atoms with E-state index >= 15 is 0 Å². The van der Waals surface area contributed by atoms with Gasteiger partial charge in [-0.1, -0.05) is 56.1 Å². The van der Waals surface area contributed by atoms with Crippen molar-refractivity contribution in [3.8, 4) is 17.3 Å². The van der Waals surface area contributed by atoms with Crippen LogP contribution in [0.15, 0.2) is 71.5 Å². The number of benzene rings is 3. The Hall–Kier alpha value is -6.44. The summed E-state index contributed by atoms with van der Waals surface area (Å²) in [5.41, 5.74) is 10.5. The maximum atomic E-state index is 13.3. The first kappa shape index (κ1) is 51.5. The zero-order valence-electron chi connectivity index (χ0n) is 39.0. The lowest BCUT2D eigenvalue weighted by molar-refractivity contribution is -0.135. The Balaban J connectivity index is 0.00000114. The van der Waals surface area contributed by atoms with Crippen molar-refractivity contribution < 1.29 is 38.9 Å². The number of carbonyl (C=O) groups is 5. The second-order valence-corrected chi connectivity index (χ2v) is 17.6. The number of piperidine rings is 3. The van der Waals surface area contributed by atoms with Gasteiger partial charge in [-0.05, 0) is 99.4 Å². The van der Waals surface area contributed by atoms with Gasteiger partial charge in [0.25, 0.3) is 0 Å². The van der Waals surface area contributed by atoms with Crippen LogP contribution in [-0.2, 0) is 32.0 Å². The van der Waals surface area contributed by atoms with Crippen LogP contribution in [0.4, 0.5) is 11.4 Å². The summed E-state index contributed by atoms with van der Waals surface area (Å²) in [5.74, 6) is -0.489. The van der Waals surface area contributed by atoms with E-state index in [4.69, 9.17) is 14.6 Å². The normalized spacial score (nSPS) is 18.2. The molecule has 3 fully saturated rings. The van der Waals surface area contributed by atoms with Gasteiger partial charge in [-0.15, -0.1) is 0 Å². The minimum Gasteiger partial charge on any atom is -0.476 e. The van der Waals surface area contributed by atoms with Crippen LogP contribution in [0.3, 0.4) is 0 Å². The Labute approximate surface area is 394 Å². The Kier molecular flexibility index (Phi) is 18.3. The molecule has 8 rings (SSSR count). The Morgan fingerprint density at radius 1 is 0.970 bits per heavy atom. The number of aliphatic hydroxyl groups is 1. The SMILES string of the molecule is CC.CO.Cn1c(=O)n(C2CCC(=O)NC2=O)c2ccc(C3CCN(c4cccc(CSN5CCC(Nc6cccc(-c7nc(OCC=O)c(C(=O)O)[nH]7)c6)CC5(C)C)c4)CC3)cc21.NC=O. The number of rotatable bonds is 13. The molecular formula is C48H63N9O9S. The van der Waals surface area contributed by atoms with E-state index in [9.17, 15) is 29.1 Å². The van der Waals surface area contributed by atoms with Gasteiger partial charge in [0, 0.05) is 74.5 Å². The third-order valence-corrected chi connectivity index (χ3v) is 13.5. The number of hydrogen-bond donors (Lipinski definition) is 6. The highest BCUT2D eigenvalue weighted by molar-refractivity contribution is 7.96. The first-order chi connectivity index (χ1) is 32.3. The molecule has 3 saturated heterocycles. The van der Waals surface area contributed by atoms with Crippen molar-refractivity contribution in [1.29, 1.82) is 0 Å². The number of primary amides is 1. The van der Waals surface area contributed by atoms with Gasteiger partial charge < -0.3 is 35.9 Å². The second-order valence-electron chi connectivity index (χ2n) is 16.6. The van der Waals surface area contributed by atoms with E-state index in [0.29, 0.717) is 35.5 Å². The van der Waals surface area contributed by atoms with Crippen LogP contribution in [0.5, 0.6) is 5.88 Å². The fourth-order valence-electron chi connectivity index (χ4n) is 8.92. The molecular weight excluding hydrogens is 879 g/mol. The number of nitrogens with two attached hydrogens (primary N) is 1. The summed E-state index contributed by atoms with van der Waals surface area (Å²) < 4.78 is 10.9. The van der Waals surface area contributed by atoms with Gasteiger partial charge in [0.15, 0.2) is 12.0 Å². The van der Waals surface area contributed by atoms with E-state index < -0.39 is 17.9 Å². The summed E-state index contributed by atoms with van der Waals surface area (Å²) in [5, 5.41) is 22.6. The van der Waals surface area contributed by atoms with Crippen LogP contribution >= 0.6 is 11.9 Å². The van der Waals surface area contributed by atoms with E-state index in [2.05, 4.69) is 85.8 Å². The molecule has 0 aliphatic carbocycles. The van der Waals surface area contributed by atoms with Gasteiger partial charge in [0.1, 0.15) is 18.5 Å². The maximum absolute atomic E-state index is 13.3. The number of ether oxygens (including phenoxy) is 1. The first-order valence-electron chi connectivity index (χ1n) is 22.5. The van der Waals surface area contributed by atoms with Crippen LogP contribution in [0.2, 0.25) is 0 Å². The number of nitrogens with zero attached hydrogens (tertiary/aromatic N) is 5. The zero-order valence-corrected chi connectivity index (χ0v) is 39.8. The Morgan fingerprint density at radius 2 is 1.69 bits per heavy atom. The molecule has 0 spiro atoms. The molecule has 18 nitrogen and oxygen atoms in total. The van der Waals surface area contributed by atoms with Gasteiger partial charge in [-0.3, -0.25) is 33.6 Å². The lowest BCUT2D eigenvalue weighted by Gasteiger charge is -2.45. The molecule has 2 atom stereocenters. The van der Waals surface area contributed by atoms with Gasteiger partial charge in [-0.25, -0.2) is 13.9 Å². The molecule has 67 heavy (non-hydrogen) atoms. The summed E-state index contributed by atoms with van der Waals surface area (Å²) in [4.78, 5) is 78.3. The van der Waals surface area contributed by atoms with E-state index in [-0.39, 0.29) is 54.2 Å². The van der Waals surface area contributed by atoms with Crippen molar-refractivity contribution in [2.75, 3.05) is 43.6 Å². The van der Waals surface area contributed by atoms with Gasteiger partial charge >= 0.3 is 11.7 Å². The molecule has 3 aliphatic heterocycles. The fraction of sp³-hybridized carbons (Fsp3) is 0.438. The molecule has 5 aromatic rings. The van der Waals surface area contributed by atoms with Crippen LogP contribution in [0.25, 0.3) is 22.4 Å². The van der Waals surface area contributed by atoms with Gasteiger partial charge in [0.2, 0.25) is 24.1 Å². The van der Waals surface area contributed by atoms with Crippen LogP contribution in [-0.4, -0.2) is 109 Å². The highest BCUT2D eigenvalue weighted by atomic mass is 32.2. The molecule has 0 bridgehead atoms. The zero-order chi connectivity index (χ0) is 48.8. The van der Waals surface area contributed by atoms with E-state index in [1.165, 1.54) is 21.4 Å². The number of fused-ring (bicyclic) bond motifs is 1. The molecule has 5 heterocycles. The summed E-state index contributed by atoms with van der Waals surface area (Å²) in [7, 11) is 2.74. The minimum absolute atomic E-state index is 0.0667. The summed E-state index contributed by atoms with van der Waals surface area (Å²) >= 11 is 1.87. The quantitative estimate of drug-likeness (QED) is 0.0478. The number of anilines is 2. The van der Waals surface area contributed by atoms with E-state index in [1.54, 1.807) is 11.6 Å². The predicted octanol–water partition coefficient (Wildman–Crippen LogP) is 5.61. The predicted molar refractivity (Wildman–Crippen MR) is 260 cm³/mol. The number of carboxylic acid groups (broad SMARTS) is 1. The number of nitrogens with one attached hydrogen (secondary N) is 3. The number of aromatic amines is 1. The van der Waals surface area contributed by atoms with Crippen LogP contribution in [0.1, 0.15) is 99.8 Å². The number of aromatic carboxylic acids is 1. The van der Waals surface area contributed by atoms with Gasteiger partial charge in [0.05, 0.1) is 11.0 Å². The third kappa shape index (κ3) is 12.3. The average Bonchev–Trinajstić information content (AvgIpc) is 3.87. The van der Waals surface area contributed by atoms with Gasteiger partial charge in [-0.2, -0.15) is 4.98 Å².